The maximum atomic E-state index is 12.8. The fourth-order valence-corrected chi connectivity index (χ4v) is 3.98. The molecule has 0 radical (unpaired) electrons. The zero-order valence-corrected chi connectivity index (χ0v) is 17.6. The van der Waals surface area contributed by atoms with Gasteiger partial charge in [0.05, 0.1) is 9.82 Å². The quantitative estimate of drug-likeness (QED) is 0.356. The Bertz CT molecular complexity index is 757. The van der Waals surface area contributed by atoms with E-state index in [1.54, 1.807) is 20.8 Å². The molecule has 0 aliphatic rings. The van der Waals surface area contributed by atoms with Gasteiger partial charge in [-0.2, -0.15) is 4.31 Å². The summed E-state index contributed by atoms with van der Waals surface area (Å²) >= 11 is 0. The van der Waals surface area contributed by atoms with Gasteiger partial charge in [-0.25, -0.2) is 13.2 Å². The zero-order chi connectivity index (χ0) is 21.4. The molecule has 0 atom stereocenters. The molecule has 1 aromatic rings. The van der Waals surface area contributed by atoms with E-state index in [2.05, 4.69) is 5.32 Å². The molecule has 0 heterocycles. The fraction of sp³-hybridized carbons (Fsp3) is 0.611. The number of nitrogens with one attached hydrogen (secondary N) is 1. The fourth-order valence-electron chi connectivity index (χ4n) is 2.41. The van der Waals surface area contributed by atoms with Gasteiger partial charge in [0.1, 0.15) is 5.60 Å². The van der Waals surface area contributed by atoms with Crippen molar-refractivity contribution in [2.75, 3.05) is 19.6 Å². The van der Waals surface area contributed by atoms with Crippen LogP contribution < -0.4 is 5.32 Å². The molecule has 0 saturated carbocycles. The van der Waals surface area contributed by atoms with E-state index in [0.717, 1.165) is 0 Å². The standard InChI is InChI=1S/C18H29N3O6S/c1-5-13-20(14-7-6-12-19-17(22)27-18(2,3)4)28(25,26)16-10-8-15(9-11-16)21(23)24/h8-11H,5-7,12-14H2,1-4H3,(H,19,22). The van der Waals surface area contributed by atoms with E-state index < -0.39 is 26.6 Å². The number of ether oxygens (including phenoxy) is 1. The second-order valence-electron chi connectivity index (χ2n) is 7.29. The molecule has 0 fully saturated rings. The molecule has 10 heteroatoms. The summed E-state index contributed by atoms with van der Waals surface area (Å²) in [6, 6.07) is 4.86. The number of benzene rings is 1. The molecule has 0 aromatic heterocycles. The number of carbonyl (C=O) groups excluding carboxylic acids is 1. The normalized spacial score (nSPS) is 12.0. The van der Waals surface area contributed by atoms with Crippen molar-refractivity contribution in [3.8, 4) is 0 Å². The lowest BCUT2D eigenvalue weighted by atomic mass is 10.2. The number of hydrogen-bond acceptors (Lipinski definition) is 6. The first-order valence-electron chi connectivity index (χ1n) is 9.19. The van der Waals surface area contributed by atoms with E-state index in [9.17, 15) is 23.3 Å². The van der Waals surface area contributed by atoms with Gasteiger partial charge in [0.2, 0.25) is 10.0 Å². The van der Waals surface area contributed by atoms with Crippen LogP contribution in [0.1, 0.15) is 47.0 Å². The second-order valence-corrected chi connectivity index (χ2v) is 9.23. The third-order valence-corrected chi connectivity index (χ3v) is 5.57. The molecule has 0 aliphatic carbocycles. The van der Waals surface area contributed by atoms with Crippen LogP contribution >= 0.6 is 0 Å². The number of nitrogens with zero attached hydrogens (tertiary/aromatic N) is 2. The van der Waals surface area contributed by atoms with Gasteiger partial charge in [0.25, 0.3) is 5.69 Å². The first-order valence-corrected chi connectivity index (χ1v) is 10.6. The second kappa shape index (κ2) is 10.4. The number of unbranched alkanes of at least 4 members (excludes halogenated alkanes) is 1. The highest BCUT2D eigenvalue weighted by Gasteiger charge is 2.24. The first-order chi connectivity index (χ1) is 13.0. The molecule has 28 heavy (non-hydrogen) atoms. The van der Waals surface area contributed by atoms with E-state index in [1.807, 2.05) is 6.92 Å². The molecule has 0 bridgehead atoms. The van der Waals surface area contributed by atoms with Gasteiger partial charge in [-0.15, -0.1) is 0 Å². The minimum absolute atomic E-state index is 0.0263. The van der Waals surface area contributed by atoms with Crippen LogP contribution in [0.5, 0.6) is 0 Å². The summed E-state index contributed by atoms with van der Waals surface area (Å²) in [6.07, 6.45) is 1.29. The van der Waals surface area contributed by atoms with Crippen molar-refractivity contribution in [1.29, 1.82) is 0 Å². The molecule has 0 spiro atoms. The minimum atomic E-state index is -3.73. The number of non-ortho nitro benzene ring substituents is 1. The maximum Gasteiger partial charge on any atom is 0.407 e. The van der Waals surface area contributed by atoms with Crippen LogP contribution in [0.4, 0.5) is 10.5 Å². The monoisotopic (exact) mass is 415 g/mol. The van der Waals surface area contributed by atoms with Crippen LogP contribution in [0.3, 0.4) is 0 Å². The molecular weight excluding hydrogens is 386 g/mol. The Morgan fingerprint density at radius 3 is 2.29 bits per heavy atom. The van der Waals surface area contributed by atoms with Gasteiger partial charge < -0.3 is 10.1 Å². The molecule has 0 saturated heterocycles. The first kappa shape index (κ1) is 23.8. The van der Waals surface area contributed by atoms with E-state index in [4.69, 9.17) is 4.74 Å². The summed E-state index contributed by atoms with van der Waals surface area (Å²) in [5.74, 6) is 0. The predicted molar refractivity (Wildman–Crippen MR) is 106 cm³/mol. The Labute approximate surface area is 166 Å². The van der Waals surface area contributed by atoms with Gasteiger partial charge in [0, 0.05) is 31.8 Å². The Balaban J connectivity index is 2.62. The number of sulfonamides is 1. The van der Waals surface area contributed by atoms with E-state index in [-0.39, 0.29) is 10.6 Å². The van der Waals surface area contributed by atoms with E-state index >= 15 is 0 Å². The molecule has 1 N–H and O–H groups in total. The van der Waals surface area contributed by atoms with Crippen LogP contribution in [-0.4, -0.2) is 49.0 Å². The lowest BCUT2D eigenvalue weighted by Crippen LogP contribution is -2.34. The molecule has 1 aromatic carbocycles. The van der Waals surface area contributed by atoms with Crippen molar-refractivity contribution in [3.63, 3.8) is 0 Å². The van der Waals surface area contributed by atoms with Gasteiger partial charge in [-0.1, -0.05) is 6.92 Å². The highest BCUT2D eigenvalue weighted by atomic mass is 32.2. The number of carbonyl (C=O) groups is 1. The predicted octanol–water partition coefficient (Wildman–Crippen LogP) is 3.30. The van der Waals surface area contributed by atoms with E-state index in [0.29, 0.717) is 38.9 Å². The number of nitro groups is 1. The Hall–Kier alpha value is -2.20. The summed E-state index contributed by atoms with van der Waals surface area (Å²) in [4.78, 5) is 21.8. The topological polar surface area (TPSA) is 119 Å². The highest BCUT2D eigenvalue weighted by molar-refractivity contribution is 7.89. The summed E-state index contributed by atoms with van der Waals surface area (Å²) in [5, 5.41) is 13.4. The lowest BCUT2D eigenvalue weighted by molar-refractivity contribution is -0.384. The third kappa shape index (κ3) is 7.81. The molecule has 0 unspecified atom stereocenters. The summed E-state index contributed by atoms with van der Waals surface area (Å²) in [6.45, 7) is 8.23. The Kier molecular flexibility index (Phi) is 8.83. The number of hydrogen-bond donors (Lipinski definition) is 1. The molecule has 9 nitrogen and oxygen atoms in total. The third-order valence-electron chi connectivity index (χ3n) is 3.66. The maximum absolute atomic E-state index is 12.8. The average molecular weight is 416 g/mol. The molecule has 0 aliphatic heterocycles. The SMILES string of the molecule is CCCN(CCCCNC(=O)OC(C)(C)C)S(=O)(=O)c1ccc([N+](=O)[O-])cc1. The highest BCUT2D eigenvalue weighted by Crippen LogP contribution is 2.20. The Morgan fingerprint density at radius 1 is 1.18 bits per heavy atom. The summed E-state index contributed by atoms with van der Waals surface area (Å²) in [7, 11) is -3.73. The summed E-state index contributed by atoms with van der Waals surface area (Å²) in [5.41, 5.74) is -0.727. The molecule has 158 valence electrons. The van der Waals surface area contributed by atoms with Crippen LogP contribution in [0.15, 0.2) is 29.2 Å². The van der Waals surface area contributed by atoms with Crippen LogP contribution in [0.25, 0.3) is 0 Å². The number of rotatable bonds is 10. The van der Waals surface area contributed by atoms with Crippen molar-refractivity contribution in [2.24, 2.45) is 0 Å². The number of amides is 1. The molecule has 1 amide bonds. The lowest BCUT2D eigenvalue weighted by Gasteiger charge is -2.22. The van der Waals surface area contributed by atoms with Gasteiger partial charge in [0.15, 0.2) is 0 Å². The van der Waals surface area contributed by atoms with Gasteiger partial charge in [-0.05, 0) is 52.2 Å². The van der Waals surface area contributed by atoms with Crippen molar-refractivity contribution in [1.82, 2.24) is 9.62 Å². The van der Waals surface area contributed by atoms with Gasteiger partial charge in [-0.3, -0.25) is 10.1 Å². The van der Waals surface area contributed by atoms with Gasteiger partial charge >= 0.3 is 6.09 Å². The van der Waals surface area contributed by atoms with Crippen LogP contribution in [0.2, 0.25) is 0 Å². The smallest absolute Gasteiger partial charge is 0.407 e. The summed E-state index contributed by atoms with van der Waals surface area (Å²) < 4.78 is 32.1. The molecular formula is C18H29N3O6S. The van der Waals surface area contributed by atoms with Crippen LogP contribution in [0, 0.1) is 10.1 Å². The minimum Gasteiger partial charge on any atom is -0.444 e. The van der Waals surface area contributed by atoms with Crippen molar-refractivity contribution < 1.29 is 22.9 Å². The van der Waals surface area contributed by atoms with Crippen molar-refractivity contribution in [3.05, 3.63) is 34.4 Å². The average Bonchev–Trinajstić information content (AvgIpc) is 2.59. The number of alkyl carbamates (subject to hydrolysis) is 1. The Morgan fingerprint density at radius 2 is 1.79 bits per heavy atom. The number of nitro benzene ring substituents is 1. The van der Waals surface area contributed by atoms with Crippen LogP contribution in [-0.2, 0) is 14.8 Å². The van der Waals surface area contributed by atoms with Crippen molar-refractivity contribution >= 4 is 21.8 Å². The molecule has 1 rings (SSSR count). The largest absolute Gasteiger partial charge is 0.444 e. The van der Waals surface area contributed by atoms with E-state index in [1.165, 1.54) is 28.6 Å². The zero-order valence-electron chi connectivity index (χ0n) is 16.8. The van der Waals surface area contributed by atoms with Crippen molar-refractivity contribution in [2.45, 2.75) is 57.5 Å².